The minimum Gasteiger partial charge on any atom is -0.494 e. The summed E-state index contributed by atoms with van der Waals surface area (Å²) in [5, 5.41) is 3.52. The van der Waals surface area contributed by atoms with Crippen molar-refractivity contribution in [1.82, 2.24) is 10.2 Å². The first-order chi connectivity index (χ1) is 15.7. The quantitative estimate of drug-likeness (QED) is 0.320. The molecule has 0 saturated carbocycles. The number of nitrogens with one attached hydrogen (secondary N) is 1. The first-order valence-corrected chi connectivity index (χ1v) is 12.1. The molecule has 1 atom stereocenters. The number of rotatable bonds is 11. The van der Waals surface area contributed by atoms with Crippen LogP contribution in [0, 0.1) is 5.92 Å². The number of likely N-dealkylation sites (tertiary alicyclic amines) is 1. The SMILES string of the molecule is CCNC(=NCC1(c2ccc(OCC)cc2)CCOCC1)N1CCC(COCCOC)C1. The molecule has 0 spiro atoms. The fourth-order valence-electron chi connectivity index (χ4n) is 4.58. The molecule has 0 bridgehead atoms. The molecule has 7 nitrogen and oxygen atoms in total. The van der Waals surface area contributed by atoms with E-state index in [1.54, 1.807) is 7.11 Å². The fourth-order valence-corrected chi connectivity index (χ4v) is 4.58. The van der Waals surface area contributed by atoms with Crippen LogP contribution in [0.25, 0.3) is 0 Å². The van der Waals surface area contributed by atoms with Crippen molar-refractivity contribution >= 4 is 5.96 Å². The van der Waals surface area contributed by atoms with E-state index in [4.69, 9.17) is 23.9 Å². The van der Waals surface area contributed by atoms with Crippen LogP contribution in [0.5, 0.6) is 5.75 Å². The molecule has 0 aliphatic carbocycles. The molecule has 0 aromatic heterocycles. The second-order valence-corrected chi connectivity index (χ2v) is 8.69. The maximum atomic E-state index is 5.77. The third-order valence-corrected chi connectivity index (χ3v) is 6.46. The number of hydrogen-bond donors (Lipinski definition) is 1. The molecule has 180 valence electrons. The van der Waals surface area contributed by atoms with Crippen LogP contribution < -0.4 is 10.1 Å². The molecule has 2 aliphatic rings. The number of guanidine groups is 1. The summed E-state index contributed by atoms with van der Waals surface area (Å²) in [5.74, 6) is 2.48. The van der Waals surface area contributed by atoms with Gasteiger partial charge in [0.25, 0.3) is 0 Å². The van der Waals surface area contributed by atoms with Crippen LogP contribution in [0.4, 0.5) is 0 Å². The molecule has 1 aromatic carbocycles. The van der Waals surface area contributed by atoms with Gasteiger partial charge >= 0.3 is 0 Å². The standard InChI is InChI=1S/C25H41N3O4/c1-4-26-24(28-13-10-21(18-28)19-31-17-16-29-3)27-20-25(11-14-30-15-12-25)22-6-8-23(9-7-22)32-5-2/h6-9,21H,4-5,10-20H2,1-3H3,(H,26,27). The molecular weight excluding hydrogens is 406 g/mol. The van der Waals surface area contributed by atoms with Gasteiger partial charge in [-0.25, -0.2) is 0 Å². The van der Waals surface area contributed by atoms with Gasteiger partial charge in [0.2, 0.25) is 0 Å². The molecule has 3 rings (SSSR count). The number of aliphatic imine (C=N–C) groups is 1. The lowest BCUT2D eigenvalue weighted by atomic mass is 9.74. The van der Waals surface area contributed by atoms with Gasteiger partial charge in [0.15, 0.2) is 5.96 Å². The zero-order chi connectivity index (χ0) is 22.7. The van der Waals surface area contributed by atoms with Gasteiger partial charge < -0.3 is 29.2 Å². The topological polar surface area (TPSA) is 64.6 Å². The number of ether oxygens (including phenoxy) is 4. The normalized spacial score (nSPS) is 21.0. The third kappa shape index (κ3) is 6.83. The van der Waals surface area contributed by atoms with Crippen molar-refractivity contribution in [2.45, 2.75) is 38.5 Å². The Morgan fingerprint density at radius 1 is 1.19 bits per heavy atom. The molecule has 1 aromatic rings. The smallest absolute Gasteiger partial charge is 0.193 e. The maximum Gasteiger partial charge on any atom is 0.193 e. The molecule has 0 radical (unpaired) electrons. The van der Waals surface area contributed by atoms with Crippen molar-refractivity contribution < 1.29 is 18.9 Å². The summed E-state index contributed by atoms with van der Waals surface area (Å²) in [4.78, 5) is 7.54. The molecule has 2 heterocycles. The van der Waals surface area contributed by atoms with Crippen LogP contribution in [-0.4, -0.2) is 83.8 Å². The largest absolute Gasteiger partial charge is 0.494 e. The van der Waals surface area contributed by atoms with Gasteiger partial charge in [0, 0.05) is 51.3 Å². The van der Waals surface area contributed by atoms with Crippen LogP contribution in [0.15, 0.2) is 29.3 Å². The monoisotopic (exact) mass is 447 g/mol. The average molecular weight is 448 g/mol. The van der Waals surface area contributed by atoms with Crippen molar-refractivity contribution in [3.8, 4) is 5.75 Å². The highest BCUT2D eigenvalue weighted by atomic mass is 16.5. The highest BCUT2D eigenvalue weighted by Gasteiger charge is 2.35. The van der Waals surface area contributed by atoms with Crippen molar-refractivity contribution in [2.75, 3.05) is 72.9 Å². The van der Waals surface area contributed by atoms with Gasteiger partial charge in [-0.2, -0.15) is 0 Å². The number of benzene rings is 1. The van der Waals surface area contributed by atoms with E-state index in [0.29, 0.717) is 25.7 Å². The predicted octanol–water partition coefficient (Wildman–Crippen LogP) is 3.08. The molecule has 32 heavy (non-hydrogen) atoms. The van der Waals surface area contributed by atoms with Gasteiger partial charge in [-0.3, -0.25) is 4.99 Å². The van der Waals surface area contributed by atoms with Gasteiger partial charge in [-0.15, -0.1) is 0 Å². The zero-order valence-corrected chi connectivity index (χ0v) is 20.1. The molecule has 7 heteroatoms. The lowest BCUT2D eigenvalue weighted by Gasteiger charge is -2.37. The van der Waals surface area contributed by atoms with Crippen molar-refractivity contribution in [2.24, 2.45) is 10.9 Å². The zero-order valence-electron chi connectivity index (χ0n) is 20.1. The van der Waals surface area contributed by atoms with E-state index in [9.17, 15) is 0 Å². The summed E-state index contributed by atoms with van der Waals surface area (Å²) in [6.07, 6.45) is 3.11. The third-order valence-electron chi connectivity index (χ3n) is 6.46. The maximum absolute atomic E-state index is 5.77. The Kier molecular flexibility index (Phi) is 10.1. The molecule has 2 aliphatic heterocycles. The van der Waals surface area contributed by atoms with Crippen LogP contribution in [0.3, 0.4) is 0 Å². The van der Waals surface area contributed by atoms with Crippen LogP contribution >= 0.6 is 0 Å². The summed E-state index contributed by atoms with van der Waals surface area (Å²) in [5.41, 5.74) is 1.33. The van der Waals surface area contributed by atoms with Crippen LogP contribution in [0.1, 0.15) is 38.7 Å². The molecule has 0 amide bonds. The fraction of sp³-hybridized carbons (Fsp3) is 0.720. The Morgan fingerprint density at radius 2 is 1.97 bits per heavy atom. The predicted molar refractivity (Wildman–Crippen MR) is 128 cm³/mol. The Morgan fingerprint density at radius 3 is 2.66 bits per heavy atom. The van der Waals surface area contributed by atoms with E-state index in [0.717, 1.165) is 77.0 Å². The van der Waals surface area contributed by atoms with E-state index in [-0.39, 0.29) is 5.41 Å². The summed E-state index contributed by atoms with van der Waals surface area (Å²) in [6.45, 7) is 12.1. The molecular formula is C25H41N3O4. The molecule has 1 unspecified atom stereocenters. The van der Waals surface area contributed by atoms with Crippen molar-refractivity contribution in [3.63, 3.8) is 0 Å². The lowest BCUT2D eigenvalue weighted by molar-refractivity contribution is 0.0526. The first-order valence-electron chi connectivity index (χ1n) is 12.1. The van der Waals surface area contributed by atoms with Crippen molar-refractivity contribution in [3.05, 3.63) is 29.8 Å². The van der Waals surface area contributed by atoms with Gasteiger partial charge in [0.05, 0.1) is 33.0 Å². The Hall–Kier alpha value is -1.83. The van der Waals surface area contributed by atoms with E-state index in [1.807, 2.05) is 6.92 Å². The van der Waals surface area contributed by atoms with Gasteiger partial charge in [0.1, 0.15) is 5.75 Å². The number of nitrogens with zero attached hydrogens (tertiary/aromatic N) is 2. The summed E-state index contributed by atoms with van der Waals surface area (Å²) >= 11 is 0. The van der Waals surface area contributed by atoms with Crippen molar-refractivity contribution in [1.29, 1.82) is 0 Å². The van der Waals surface area contributed by atoms with E-state index in [2.05, 4.69) is 41.4 Å². The van der Waals surface area contributed by atoms with Gasteiger partial charge in [-0.05, 0) is 50.8 Å². The minimum atomic E-state index is 0.00601. The molecule has 2 saturated heterocycles. The summed E-state index contributed by atoms with van der Waals surface area (Å²) in [6, 6.07) is 8.59. The highest BCUT2D eigenvalue weighted by Crippen LogP contribution is 2.36. The number of methoxy groups -OCH3 is 1. The second-order valence-electron chi connectivity index (χ2n) is 8.69. The Bertz CT molecular complexity index is 689. The van der Waals surface area contributed by atoms with E-state index < -0.39 is 0 Å². The first kappa shape index (κ1) is 24.8. The average Bonchev–Trinajstić information content (AvgIpc) is 3.29. The molecule has 1 N–H and O–H groups in total. The van der Waals surface area contributed by atoms with Crippen LogP contribution in [0.2, 0.25) is 0 Å². The minimum absolute atomic E-state index is 0.00601. The Labute approximate surface area is 193 Å². The van der Waals surface area contributed by atoms with E-state index in [1.165, 1.54) is 5.56 Å². The Balaban J connectivity index is 1.68. The number of hydrogen-bond acceptors (Lipinski definition) is 5. The summed E-state index contributed by atoms with van der Waals surface area (Å²) in [7, 11) is 1.71. The summed E-state index contributed by atoms with van der Waals surface area (Å²) < 4.78 is 22.2. The van der Waals surface area contributed by atoms with Crippen LogP contribution in [-0.2, 0) is 19.6 Å². The van der Waals surface area contributed by atoms with Gasteiger partial charge in [-0.1, -0.05) is 12.1 Å². The highest BCUT2D eigenvalue weighted by molar-refractivity contribution is 5.80. The molecule has 2 fully saturated rings. The van der Waals surface area contributed by atoms with E-state index >= 15 is 0 Å². The second kappa shape index (κ2) is 13.0. The lowest BCUT2D eigenvalue weighted by Crippen LogP contribution is -2.43.